The smallest absolute Gasteiger partial charge is 0.348 e. The molecule has 11 rings (SSSR count). The van der Waals surface area contributed by atoms with E-state index in [1.807, 2.05) is 103 Å². The number of carbonyl (C=O) groups is 4. The highest BCUT2D eigenvalue weighted by Gasteiger charge is 2.33. The van der Waals surface area contributed by atoms with Gasteiger partial charge in [0.2, 0.25) is 11.8 Å². The van der Waals surface area contributed by atoms with Gasteiger partial charge in [0, 0.05) is 23.3 Å². The number of methoxy groups -OCH3 is 2. The average Bonchev–Trinajstić information content (AvgIpc) is 4.19. The molecule has 2 fully saturated rings. The molecule has 3 N–H and O–H groups in total. The normalized spacial score (nSPS) is 14.8. The van der Waals surface area contributed by atoms with E-state index in [4.69, 9.17) is 30.5 Å². The van der Waals surface area contributed by atoms with Crippen LogP contribution in [-0.2, 0) is 38.8 Å². The summed E-state index contributed by atoms with van der Waals surface area (Å²) in [5.41, 5.74) is 11.8. The average molecular weight is 1040 g/mol. The molecule has 2 saturated carbocycles. The maximum Gasteiger partial charge on any atom is 0.348 e. The van der Waals surface area contributed by atoms with E-state index in [1.54, 1.807) is 0 Å². The maximum absolute atomic E-state index is 13.1. The van der Waals surface area contributed by atoms with Crippen molar-refractivity contribution in [1.82, 2.24) is 9.55 Å². The van der Waals surface area contributed by atoms with Gasteiger partial charge in [-0.3, -0.25) is 9.59 Å². The highest BCUT2D eigenvalue weighted by Crippen LogP contribution is 2.50. The summed E-state index contributed by atoms with van der Waals surface area (Å²) in [5, 5.41) is 6.06. The summed E-state index contributed by atoms with van der Waals surface area (Å²) in [7, 11) is 2.81. The number of nitrogens with one attached hydrogen (secondary N) is 3. The van der Waals surface area contributed by atoms with Gasteiger partial charge < -0.3 is 39.1 Å². The predicted molar refractivity (Wildman–Crippen MR) is 291 cm³/mol. The molecule has 1 aliphatic heterocycles. The number of ether oxygens (including phenoxy) is 4. The molecule has 0 atom stereocenters. The number of thiophene rings is 2. The van der Waals surface area contributed by atoms with E-state index < -0.39 is 0 Å². The summed E-state index contributed by atoms with van der Waals surface area (Å²) in [6, 6.07) is 35.4. The third kappa shape index (κ3) is 10.8. The highest BCUT2D eigenvalue weighted by molar-refractivity contribution is 7.21. The summed E-state index contributed by atoms with van der Waals surface area (Å²) in [4.78, 5) is 54.7. The Hall–Kier alpha value is -6.87. The second-order valence-electron chi connectivity index (χ2n) is 18.8. The zero-order chi connectivity index (χ0) is 50.4. The summed E-state index contributed by atoms with van der Waals surface area (Å²) < 4.78 is 26.3. The number of hydrogen-bond acceptors (Lipinski definition) is 10. The van der Waals surface area contributed by atoms with Crippen molar-refractivity contribution < 1.29 is 38.1 Å². The van der Waals surface area contributed by atoms with Gasteiger partial charge in [-0.25, -0.2) is 9.59 Å². The number of carbonyl (C=O) groups excluding carboxylic acids is 4. The van der Waals surface area contributed by atoms with Crippen LogP contribution in [0.5, 0.6) is 11.5 Å². The van der Waals surface area contributed by atoms with Crippen LogP contribution in [0, 0.1) is 0 Å². The summed E-state index contributed by atoms with van der Waals surface area (Å²) in [6.45, 7) is 1.08. The van der Waals surface area contributed by atoms with Crippen molar-refractivity contribution in [3.63, 3.8) is 0 Å². The summed E-state index contributed by atoms with van der Waals surface area (Å²) in [6.07, 6.45) is 11.7. The van der Waals surface area contributed by atoms with Crippen molar-refractivity contribution in [3.05, 3.63) is 141 Å². The molecule has 2 amide bonds. The van der Waals surface area contributed by atoms with Crippen molar-refractivity contribution in [3.8, 4) is 34.0 Å². The lowest BCUT2D eigenvalue weighted by atomic mass is 9.83. The van der Waals surface area contributed by atoms with Crippen molar-refractivity contribution in [1.29, 1.82) is 0 Å². The number of nitrogens with zero attached hydrogens (tertiary/aromatic N) is 1. The standard InChI is InChI=1S/C29H29ClN2O4S.C29H28N2O4S/c1-35-29(34)24-15-23-28(37-24)26(19-10-6-3-7-11-19)27(32-23)21-13-12-20(14-22(21)31-25(33)16-30)36-17-18-8-4-2-5-9-18;1-34-29(33)24-15-23-28(36-24)26(19-10-6-3-7-11-19)27-21-13-12-20(35-17-18-8-4-2-5-9-18)14-22(21)30-25(32)16-31(23)27/h2,4-5,8-9,12-15,19,32H,3,6-7,10-11,16-17H2,1H3,(H,31,33);2,4-5,8-9,12-15,19H,3,6-7,10-11,16-17H2,1H3,(H,30,32). The van der Waals surface area contributed by atoms with Gasteiger partial charge in [-0.05, 0) is 96.2 Å². The van der Waals surface area contributed by atoms with Crippen molar-refractivity contribution in [2.75, 3.05) is 30.7 Å². The highest BCUT2D eigenvalue weighted by atomic mass is 35.5. The van der Waals surface area contributed by atoms with E-state index in [2.05, 4.69) is 26.3 Å². The Kier molecular flexibility index (Phi) is 15.3. The number of anilines is 2. The SMILES string of the molecule is COC(=O)c1cc2[nH]c(-c3ccc(OCc4ccccc4)cc3NC(=O)CCl)c(C3CCCCC3)c2s1.COC(=O)c1cc2c(s1)c(C1CCCCC1)c1n2CC(=O)Nc2cc(OCc3ccccc3)ccc2-1. The van der Waals surface area contributed by atoms with Gasteiger partial charge in [0.1, 0.15) is 46.9 Å². The molecule has 0 bridgehead atoms. The molecular formula is C58H57ClN4O8S2. The van der Waals surface area contributed by atoms with Crippen molar-refractivity contribution >= 4 is 89.8 Å². The van der Waals surface area contributed by atoms with Crippen LogP contribution in [-0.4, -0.2) is 53.4 Å². The van der Waals surface area contributed by atoms with Gasteiger partial charge in [-0.2, -0.15) is 0 Å². The van der Waals surface area contributed by atoms with E-state index in [9.17, 15) is 19.2 Å². The number of H-pyrrole nitrogens is 1. The first-order chi connectivity index (χ1) is 35.7. The lowest BCUT2D eigenvalue weighted by Gasteiger charge is -2.23. The first-order valence-corrected chi connectivity index (χ1v) is 27.1. The second kappa shape index (κ2) is 22.5. The van der Waals surface area contributed by atoms with Crippen LogP contribution >= 0.6 is 34.3 Å². The lowest BCUT2D eigenvalue weighted by molar-refractivity contribution is -0.116. The van der Waals surface area contributed by atoms with Gasteiger partial charge in [0.25, 0.3) is 0 Å². The van der Waals surface area contributed by atoms with Gasteiger partial charge >= 0.3 is 11.9 Å². The number of alkyl halides is 1. The van der Waals surface area contributed by atoms with Gasteiger partial charge in [-0.15, -0.1) is 34.3 Å². The molecule has 73 heavy (non-hydrogen) atoms. The zero-order valence-corrected chi connectivity index (χ0v) is 43.2. The number of rotatable bonds is 13. The molecule has 12 nitrogen and oxygen atoms in total. The van der Waals surface area contributed by atoms with E-state index in [0.717, 1.165) is 85.4 Å². The monoisotopic (exact) mass is 1040 g/mol. The number of fused-ring (bicyclic) bond motifs is 6. The van der Waals surface area contributed by atoms with Crippen LogP contribution in [0.1, 0.15) is 118 Å². The Bertz CT molecular complexity index is 3290. The fourth-order valence-corrected chi connectivity index (χ4v) is 13.1. The molecule has 4 aromatic carbocycles. The number of aromatic nitrogens is 2. The maximum atomic E-state index is 13.1. The minimum Gasteiger partial charge on any atom is -0.489 e. The zero-order valence-electron chi connectivity index (χ0n) is 40.9. The van der Waals surface area contributed by atoms with E-state index in [0.29, 0.717) is 52.0 Å². The molecule has 376 valence electrons. The number of hydrogen-bond donors (Lipinski definition) is 3. The minimum absolute atomic E-state index is 0.0897. The molecule has 15 heteroatoms. The number of halogens is 1. The Balaban J connectivity index is 0.000000168. The molecule has 0 unspecified atom stereocenters. The van der Waals surface area contributed by atoms with Crippen LogP contribution in [0.4, 0.5) is 11.4 Å². The van der Waals surface area contributed by atoms with E-state index in [-0.39, 0.29) is 36.2 Å². The quantitative estimate of drug-likeness (QED) is 0.0763. The first-order valence-electron chi connectivity index (χ1n) is 25.0. The fraction of sp³-hybridized carbons (Fsp3) is 0.310. The van der Waals surface area contributed by atoms with Crippen LogP contribution in [0.25, 0.3) is 42.9 Å². The van der Waals surface area contributed by atoms with Gasteiger partial charge in [-0.1, -0.05) is 99.2 Å². The number of aromatic amines is 1. The fourth-order valence-electron chi connectivity index (χ4n) is 10.6. The van der Waals surface area contributed by atoms with E-state index in [1.165, 1.54) is 86.5 Å². The third-order valence-corrected chi connectivity index (χ3v) is 16.6. The molecule has 0 spiro atoms. The molecule has 3 aliphatic rings. The first kappa shape index (κ1) is 49.7. The number of benzene rings is 4. The molecule has 4 aromatic heterocycles. The molecule has 0 radical (unpaired) electrons. The molecule has 2 aliphatic carbocycles. The summed E-state index contributed by atoms with van der Waals surface area (Å²) in [5.74, 6) is 0.942. The summed E-state index contributed by atoms with van der Waals surface area (Å²) >= 11 is 8.79. The van der Waals surface area contributed by atoms with Crippen molar-refractivity contribution in [2.45, 2.75) is 95.8 Å². The number of amides is 2. The Morgan fingerprint density at radius 1 is 0.671 bits per heavy atom. The Morgan fingerprint density at radius 2 is 1.23 bits per heavy atom. The molecule has 0 saturated heterocycles. The molecule has 8 aromatic rings. The van der Waals surface area contributed by atoms with Crippen LogP contribution in [0.3, 0.4) is 0 Å². The Labute approximate surface area is 437 Å². The Morgan fingerprint density at radius 3 is 1.84 bits per heavy atom. The third-order valence-electron chi connectivity index (χ3n) is 14.1. The predicted octanol–water partition coefficient (Wildman–Crippen LogP) is 14.2. The van der Waals surface area contributed by atoms with Gasteiger partial charge in [0.15, 0.2) is 0 Å². The van der Waals surface area contributed by atoms with Crippen LogP contribution in [0.15, 0.2) is 109 Å². The van der Waals surface area contributed by atoms with Gasteiger partial charge in [0.05, 0.1) is 57.4 Å². The van der Waals surface area contributed by atoms with Crippen LogP contribution < -0.4 is 20.1 Å². The minimum atomic E-state index is -0.334. The number of esters is 2. The lowest BCUT2D eigenvalue weighted by Crippen LogP contribution is -2.16. The molecule has 5 heterocycles. The topological polar surface area (TPSA) is 150 Å². The van der Waals surface area contributed by atoms with Crippen LogP contribution in [0.2, 0.25) is 0 Å². The van der Waals surface area contributed by atoms with Crippen molar-refractivity contribution in [2.24, 2.45) is 0 Å². The largest absolute Gasteiger partial charge is 0.489 e. The molecular weight excluding hydrogens is 980 g/mol. The van der Waals surface area contributed by atoms with E-state index >= 15 is 0 Å². The second-order valence-corrected chi connectivity index (χ2v) is 21.2.